The smallest absolute Gasteiger partial charge is 0.187 e. The number of nitrogens with zero attached hydrogens (tertiary/aromatic N) is 3. The quantitative estimate of drug-likeness (QED) is 0.714. The second kappa shape index (κ2) is 7.81. The first-order chi connectivity index (χ1) is 12.3. The van der Waals surface area contributed by atoms with E-state index in [1.54, 1.807) is 14.2 Å². The minimum absolute atomic E-state index is 0.0334. The number of aromatic nitrogens is 2. The third kappa shape index (κ3) is 3.49. The topological polar surface area (TPSA) is 67.7 Å². The van der Waals surface area contributed by atoms with Gasteiger partial charge in [0, 0.05) is 18.5 Å². The number of aliphatic hydroxyl groups is 1. The molecule has 25 heavy (non-hydrogen) atoms. The molecule has 0 saturated heterocycles. The SMILES string of the molecule is COc1ccc2c(N(CCO)Cc3ccccc3)ncnc2c1OC. The van der Waals surface area contributed by atoms with E-state index in [0.29, 0.717) is 30.1 Å². The molecule has 0 unspecified atom stereocenters. The molecule has 0 aliphatic rings. The molecule has 0 fully saturated rings. The lowest BCUT2D eigenvalue weighted by Gasteiger charge is -2.24. The molecule has 0 saturated carbocycles. The summed E-state index contributed by atoms with van der Waals surface area (Å²) in [6.45, 7) is 1.14. The zero-order chi connectivity index (χ0) is 17.6. The van der Waals surface area contributed by atoms with Gasteiger partial charge in [-0.15, -0.1) is 0 Å². The zero-order valence-electron chi connectivity index (χ0n) is 14.3. The van der Waals surface area contributed by atoms with Crippen LogP contribution >= 0.6 is 0 Å². The summed E-state index contributed by atoms with van der Waals surface area (Å²) in [6, 6.07) is 13.8. The van der Waals surface area contributed by atoms with Crippen LogP contribution in [0.5, 0.6) is 11.5 Å². The van der Waals surface area contributed by atoms with Crippen molar-refractivity contribution >= 4 is 16.7 Å². The van der Waals surface area contributed by atoms with Crippen LogP contribution in [-0.2, 0) is 6.54 Å². The number of rotatable bonds is 7. The zero-order valence-corrected chi connectivity index (χ0v) is 14.3. The summed E-state index contributed by atoms with van der Waals surface area (Å²) in [5.74, 6) is 1.95. The van der Waals surface area contributed by atoms with Crippen molar-refractivity contribution in [3.05, 3.63) is 54.4 Å². The van der Waals surface area contributed by atoms with Crippen LogP contribution < -0.4 is 14.4 Å². The third-order valence-electron chi connectivity index (χ3n) is 4.01. The largest absolute Gasteiger partial charge is 0.493 e. The molecule has 130 valence electrons. The first-order valence-corrected chi connectivity index (χ1v) is 8.04. The van der Waals surface area contributed by atoms with Gasteiger partial charge in [-0.05, 0) is 17.7 Å². The molecule has 0 atom stereocenters. The predicted molar refractivity (Wildman–Crippen MR) is 97.2 cm³/mol. The number of fused-ring (bicyclic) bond motifs is 1. The maximum atomic E-state index is 9.50. The van der Waals surface area contributed by atoms with Gasteiger partial charge in [-0.25, -0.2) is 9.97 Å². The molecule has 0 aliphatic heterocycles. The summed E-state index contributed by atoms with van der Waals surface area (Å²) in [6.07, 6.45) is 1.51. The molecule has 0 bridgehead atoms. The molecule has 3 rings (SSSR count). The van der Waals surface area contributed by atoms with Gasteiger partial charge in [-0.1, -0.05) is 30.3 Å². The van der Waals surface area contributed by atoms with Gasteiger partial charge in [0.05, 0.1) is 20.8 Å². The van der Waals surface area contributed by atoms with Crippen molar-refractivity contribution in [3.8, 4) is 11.5 Å². The fourth-order valence-corrected chi connectivity index (χ4v) is 2.87. The minimum Gasteiger partial charge on any atom is -0.493 e. The van der Waals surface area contributed by atoms with Crippen molar-refractivity contribution in [2.75, 3.05) is 32.3 Å². The van der Waals surface area contributed by atoms with Gasteiger partial charge < -0.3 is 19.5 Å². The van der Waals surface area contributed by atoms with Crippen molar-refractivity contribution < 1.29 is 14.6 Å². The Labute approximate surface area is 146 Å². The minimum atomic E-state index is 0.0334. The second-order valence-electron chi connectivity index (χ2n) is 5.53. The number of benzene rings is 2. The average molecular weight is 339 g/mol. The molecule has 6 nitrogen and oxygen atoms in total. The molecule has 1 heterocycles. The van der Waals surface area contributed by atoms with Crippen molar-refractivity contribution in [1.82, 2.24) is 9.97 Å². The lowest BCUT2D eigenvalue weighted by atomic mass is 10.1. The molecular weight excluding hydrogens is 318 g/mol. The van der Waals surface area contributed by atoms with Crippen LogP contribution in [0.3, 0.4) is 0 Å². The van der Waals surface area contributed by atoms with Crippen molar-refractivity contribution in [3.63, 3.8) is 0 Å². The van der Waals surface area contributed by atoms with Crippen LogP contribution in [0.2, 0.25) is 0 Å². The van der Waals surface area contributed by atoms with E-state index in [-0.39, 0.29) is 6.61 Å². The van der Waals surface area contributed by atoms with E-state index in [4.69, 9.17) is 9.47 Å². The monoisotopic (exact) mass is 339 g/mol. The van der Waals surface area contributed by atoms with E-state index < -0.39 is 0 Å². The third-order valence-corrected chi connectivity index (χ3v) is 4.01. The Morgan fingerprint density at radius 1 is 1.00 bits per heavy atom. The van der Waals surface area contributed by atoms with Crippen LogP contribution in [0, 0.1) is 0 Å². The number of anilines is 1. The van der Waals surface area contributed by atoms with Gasteiger partial charge in [0.25, 0.3) is 0 Å². The predicted octanol–water partition coefficient (Wildman–Crippen LogP) is 2.65. The van der Waals surface area contributed by atoms with Gasteiger partial charge >= 0.3 is 0 Å². The lowest BCUT2D eigenvalue weighted by molar-refractivity contribution is 0.301. The molecule has 3 aromatic rings. The lowest BCUT2D eigenvalue weighted by Crippen LogP contribution is -2.27. The fourth-order valence-electron chi connectivity index (χ4n) is 2.87. The van der Waals surface area contributed by atoms with Gasteiger partial charge in [0.1, 0.15) is 17.7 Å². The highest BCUT2D eigenvalue weighted by molar-refractivity contribution is 5.95. The van der Waals surface area contributed by atoms with Crippen LogP contribution in [0.4, 0.5) is 5.82 Å². The first kappa shape index (κ1) is 17.0. The van der Waals surface area contributed by atoms with Crippen LogP contribution in [0.15, 0.2) is 48.8 Å². The molecule has 0 radical (unpaired) electrons. The van der Waals surface area contributed by atoms with Crippen LogP contribution in [0.1, 0.15) is 5.56 Å². The fraction of sp³-hybridized carbons (Fsp3) is 0.263. The van der Waals surface area contributed by atoms with E-state index in [9.17, 15) is 5.11 Å². The summed E-state index contributed by atoms with van der Waals surface area (Å²) in [5.41, 5.74) is 1.83. The number of ether oxygens (including phenoxy) is 2. The molecule has 1 aromatic heterocycles. The molecule has 6 heteroatoms. The van der Waals surface area contributed by atoms with Crippen molar-refractivity contribution in [2.45, 2.75) is 6.54 Å². The van der Waals surface area contributed by atoms with Gasteiger partial charge in [0.15, 0.2) is 11.5 Å². The normalized spacial score (nSPS) is 10.7. The maximum Gasteiger partial charge on any atom is 0.187 e. The van der Waals surface area contributed by atoms with E-state index in [0.717, 1.165) is 16.8 Å². The van der Waals surface area contributed by atoms with Crippen molar-refractivity contribution in [2.24, 2.45) is 0 Å². The van der Waals surface area contributed by atoms with Crippen LogP contribution in [0.25, 0.3) is 10.9 Å². The van der Waals surface area contributed by atoms with Gasteiger partial charge in [0.2, 0.25) is 0 Å². The van der Waals surface area contributed by atoms with E-state index in [1.165, 1.54) is 6.33 Å². The standard InChI is InChI=1S/C19H21N3O3/c1-24-16-9-8-15-17(18(16)25-2)20-13-21-19(15)22(10-11-23)12-14-6-4-3-5-7-14/h3-9,13,23H,10-12H2,1-2H3. The molecular formula is C19H21N3O3. The Morgan fingerprint density at radius 3 is 2.48 bits per heavy atom. The van der Waals surface area contributed by atoms with Crippen LogP contribution in [-0.4, -0.2) is 42.4 Å². The summed E-state index contributed by atoms with van der Waals surface area (Å²) < 4.78 is 10.8. The summed E-state index contributed by atoms with van der Waals surface area (Å²) >= 11 is 0. The Morgan fingerprint density at radius 2 is 1.80 bits per heavy atom. The number of hydrogen-bond acceptors (Lipinski definition) is 6. The average Bonchev–Trinajstić information content (AvgIpc) is 2.67. The summed E-state index contributed by atoms with van der Waals surface area (Å²) in [7, 11) is 3.19. The molecule has 0 amide bonds. The number of aliphatic hydroxyl groups excluding tert-OH is 1. The number of hydrogen-bond donors (Lipinski definition) is 1. The van der Waals surface area contributed by atoms with Gasteiger partial charge in [-0.3, -0.25) is 0 Å². The Balaban J connectivity index is 2.08. The Bertz CT molecular complexity index is 840. The molecule has 1 N–H and O–H groups in total. The Kier molecular flexibility index (Phi) is 5.30. The maximum absolute atomic E-state index is 9.50. The van der Waals surface area contributed by atoms with E-state index in [2.05, 4.69) is 22.1 Å². The highest BCUT2D eigenvalue weighted by Gasteiger charge is 2.17. The molecule has 2 aromatic carbocycles. The highest BCUT2D eigenvalue weighted by Crippen LogP contribution is 2.37. The first-order valence-electron chi connectivity index (χ1n) is 8.04. The number of methoxy groups -OCH3 is 2. The van der Waals surface area contributed by atoms with Gasteiger partial charge in [-0.2, -0.15) is 0 Å². The molecule has 0 aliphatic carbocycles. The molecule has 0 spiro atoms. The highest BCUT2D eigenvalue weighted by atomic mass is 16.5. The van der Waals surface area contributed by atoms with E-state index >= 15 is 0 Å². The second-order valence-corrected chi connectivity index (χ2v) is 5.53. The van der Waals surface area contributed by atoms with E-state index in [1.807, 2.05) is 35.2 Å². The summed E-state index contributed by atoms with van der Waals surface area (Å²) in [4.78, 5) is 10.9. The Hall–Kier alpha value is -2.86. The summed E-state index contributed by atoms with van der Waals surface area (Å²) in [5, 5.41) is 10.4. The van der Waals surface area contributed by atoms with Crippen molar-refractivity contribution in [1.29, 1.82) is 0 Å².